The van der Waals surface area contributed by atoms with E-state index in [0.29, 0.717) is 18.1 Å². The van der Waals surface area contributed by atoms with Crippen molar-refractivity contribution >= 4 is 34.3 Å². The Kier molecular flexibility index (Phi) is 4.51. The van der Waals surface area contributed by atoms with Gasteiger partial charge in [-0.2, -0.15) is 0 Å². The molecule has 1 saturated heterocycles. The molecule has 2 amide bonds. The van der Waals surface area contributed by atoms with E-state index in [9.17, 15) is 9.59 Å². The second-order valence-electron chi connectivity index (χ2n) is 6.36. The van der Waals surface area contributed by atoms with Gasteiger partial charge in [-0.3, -0.25) is 9.59 Å². The van der Waals surface area contributed by atoms with Crippen molar-refractivity contribution in [1.82, 2.24) is 14.8 Å². The van der Waals surface area contributed by atoms with E-state index in [1.54, 1.807) is 4.90 Å². The fourth-order valence-corrected chi connectivity index (χ4v) is 3.47. The van der Waals surface area contributed by atoms with Crippen LogP contribution < -0.4 is 5.73 Å². The highest BCUT2D eigenvalue weighted by molar-refractivity contribution is 6.31. The van der Waals surface area contributed by atoms with E-state index in [1.165, 1.54) is 0 Å². The quantitative estimate of drug-likeness (QED) is 0.877. The van der Waals surface area contributed by atoms with Crippen molar-refractivity contribution in [2.24, 2.45) is 5.73 Å². The molecule has 1 atom stereocenters. The lowest BCUT2D eigenvalue weighted by Gasteiger charge is -2.38. The van der Waals surface area contributed by atoms with Gasteiger partial charge < -0.3 is 20.5 Å². The van der Waals surface area contributed by atoms with Crippen molar-refractivity contribution in [2.45, 2.75) is 19.4 Å². The summed E-state index contributed by atoms with van der Waals surface area (Å²) in [6.07, 6.45) is 0.222. The van der Waals surface area contributed by atoms with Crippen LogP contribution in [0, 0.1) is 6.92 Å². The number of halogens is 1. The zero-order valence-electron chi connectivity index (χ0n) is 13.8. The molecule has 24 heavy (non-hydrogen) atoms. The molecule has 3 N–H and O–H groups in total. The molecule has 0 bridgehead atoms. The van der Waals surface area contributed by atoms with E-state index in [0.717, 1.165) is 28.7 Å². The number of H-pyrrole nitrogens is 1. The first-order valence-corrected chi connectivity index (χ1v) is 8.28. The number of hydrogen-bond donors (Lipinski definition) is 2. The SMILES string of the molecule is Cc1[nH]c2ccc(Cl)cc2c1CC(=O)N1CCN(C)CC1C(N)=O. The Morgan fingerprint density at radius 3 is 2.83 bits per heavy atom. The van der Waals surface area contributed by atoms with Gasteiger partial charge in [-0.1, -0.05) is 11.6 Å². The summed E-state index contributed by atoms with van der Waals surface area (Å²) in [5.41, 5.74) is 8.29. The lowest BCUT2D eigenvalue weighted by molar-refractivity contribution is -0.141. The van der Waals surface area contributed by atoms with Gasteiger partial charge in [0, 0.05) is 41.3 Å². The number of likely N-dealkylation sites (N-methyl/N-ethyl adjacent to an activating group) is 1. The van der Waals surface area contributed by atoms with E-state index in [4.69, 9.17) is 17.3 Å². The van der Waals surface area contributed by atoms with Crippen LogP contribution in [-0.4, -0.2) is 59.3 Å². The van der Waals surface area contributed by atoms with Gasteiger partial charge in [-0.15, -0.1) is 0 Å². The predicted octanol–water partition coefficient (Wildman–Crippen LogP) is 1.30. The van der Waals surface area contributed by atoms with Crippen LogP contribution in [0.3, 0.4) is 0 Å². The summed E-state index contributed by atoms with van der Waals surface area (Å²) in [5.74, 6) is -0.551. The van der Waals surface area contributed by atoms with Crippen LogP contribution in [-0.2, 0) is 16.0 Å². The average molecular weight is 349 g/mol. The molecule has 6 nitrogen and oxygen atoms in total. The van der Waals surface area contributed by atoms with Gasteiger partial charge >= 0.3 is 0 Å². The number of carbonyl (C=O) groups excluding carboxylic acids is 2. The van der Waals surface area contributed by atoms with Gasteiger partial charge in [0.15, 0.2) is 0 Å². The van der Waals surface area contributed by atoms with Gasteiger partial charge in [0.05, 0.1) is 6.42 Å². The highest BCUT2D eigenvalue weighted by Gasteiger charge is 2.33. The van der Waals surface area contributed by atoms with Crippen LogP contribution in [0.25, 0.3) is 10.9 Å². The minimum absolute atomic E-state index is 0.0872. The number of aromatic amines is 1. The van der Waals surface area contributed by atoms with Crippen LogP contribution in [0.2, 0.25) is 5.02 Å². The Labute approximate surface area is 145 Å². The van der Waals surface area contributed by atoms with Gasteiger partial charge in [-0.25, -0.2) is 0 Å². The monoisotopic (exact) mass is 348 g/mol. The predicted molar refractivity (Wildman–Crippen MR) is 93.9 cm³/mol. The molecule has 2 heterocycles. The summed E-state index contributed by atoms with van der Waals surface area (Å²) in [4.78, 5) is 31.4. The molecule has 1 fully saturated rings. The molecule has 0 aliphatic carbocycles. The van der Waals surface area contributed by atoms with Crippen molar-refractivity contribution in [2.75, 3.05) is 26.7 Å². The molecule has 1 unspecified atom stereocenters. The standard InChI is InChI=1S/C17H21ClN4O2/c1-10-12(13-7-11(18)3-4-14(13)20-10)8-16(23)22-6-5-21(2)9-15(22)17(19)24/h3-4,7,15,20H,5-6,8-9H2,1-2H3,(H2,19,24). The average Bonchev–Trinajstić information content (AvgIpc) is 2.82. The number of nitrogens with two attached hydrogens (primary N) is 1. The molecule has 1 aromatic heterocycles. The maximum atomic E-state index is 12.8. The third-order valence-corrected chi connectivity index (χ3v) is 4.88. The number of nitrogens with zero attached hydrogens (tertiary/aromatic N) is 2. The summed E-state index contributed by atoms with van der Waals surface area (Å²) in [7, 11) is 1.92. The summed E-state index contributed by atoms with van der Waals surface area (Å²) in [6, 6.07) is 5.00. The molecule has 1 aliphatic rings. The normalized spacial score (nSPS) is 19.0. The fourth-order valence-electron chi connectivity index (χ4n) is 3.30. The molecular formula is C17H21ClN4O2. The number of primary amides is 1. The van der Waals surface area contributed by atoms with Crippen LogP contribution >= 0.6 is 11.6 Å². The zero-order valence-corrected chi connectivity index (χ0v) is 14.6. The summed E-state index contributed by atoms with van der Waals surface area (Å²) >= 11 is 6.09. The number of fused-ring (bicyclic) bond motifs is 1. The second kappa shape index (κ2) is 6.45. The Hall–Kier alpha value is -2.05. The van der Waals surface area contributed by atoms with Crippen LogP contribution in [0.5, 0.6) is 0 Å². The molecule has 128 valence electrons. The topological polar surface area (TPSA) is 82.4 Å². The number of hydrogen-bond acceptors (Lipinski definition) is 3. The fraction of sp³-hybridized carbons (Fsp3) is 0.412. The molecule has 0 saturated carbocycles. The Morgan fingerprint density at radius 1 is 1.38 bits per heavy atom. The van der Waals surface area contributed by atoms with Crippen molar-refractivity contribution in [3.8, 4) is 0 Å². The molecule has 2 aromatic rings. The van der Waals surface area contributed by atoms with E-state index < -0.39 is 11.9 Å². The van der Waals surface area contributed by atoms with Crippen LogP contribution in [0.4, 0.5) is 0 Å². The van der Waals surface area contributed by atoms with Crippen molar-refractivity contribution in [3.63, 3.8) is 0 Å². The maximum absolute atomic E-state index is 12.8. The molecule has 1 aliphatic heterocycles. The third-order valence-electron chi connectivity index (χ3n) is 4.64. The first-order chi connectivity index (χ1) is 11.4. The van der Waals surface area contributed by atoms with Crippen LogP contribution in [0.1, 0.15) is 11.3 Å². The number of aromatic nitrogens is 1. The minimum Gasteiger partial charge on any atom is -0.368 e. The van der Waals surface area contributed by atoms with E-state index in [-0.39, 0.29) is 12.3 Å². The Balaban J connectivity index is 1.88. The first kappa shape index (κ1) is 16.8. The van der Waals surface area contributed by atoms with Crippen molar-refractivity contribution in [3.05, 3.63) is 34.5 Å². The highest BCUT2D eigenvalue weighted by atomic mass is 35.5. The molecule has 7 heteroatoms. The maximum Gasteiger partial charge on any atom is 0.241 e. The van der Waals surface area contributed by atoms with Gasteiger partial charge in [0.25, 0.3) is 0 Å². The highest BCUT2D eigenvalue weighted by Crippen LogP contribution is 2.26. The molecule has 0 radical (unpaired) electrons. The van der Waals surface area contributed by atoms with E-state index in [1.807, 2.05) is 37.1 Å². The molecular weight excluding hydrogens is 328 g/mol. The van der Waals surface area contributed by atoms with E-state index >= 15 is 0 Å². The largest absolute Gasteiger partial charge is 0.368 e. The smallest absolute Gasteiger partial charge is 0.241 e. The molecule has 0 spiro atoms. The van der Waals surface area contributed by atoms with Crippen molar-refractivity contribution < 1.29 is 9.59 Å². The third kappa shape index (κ3) is 3.12. The number of rotatable bonds is 3. The lowest BCUT2D eigenvalue weighted by Crippen LogP contribution is -2.59. The van der Waals surface area contributed by atoms with Gasteiger partial charge in [0.2, 0.25) is 11.8 Å². The summed E-state index contributed by atoms with van der Waals surface area (Å²) < 4.78 is 0. The summed E-state index contributed by atoms with van der Waals surface area (Å²) in [6.45, 7) is 3.64. The molecule has 1 aromatic carbocycles. The molecule has 3 rings (SSSR count). The number of benzene rings is 1. The number of aryl methyl sites for hydroxylation is 1. The second-order valence-corrected chi connectivity index (χ2v) is 6.80. The van der Waals surface area contributed by atoms with Crippen molar-refractivity contribution in [1.29, 1.82) is 0 Å². The first-order valence-electron chi connectivity index (χ1n) is 7.91. The number of amides is 2. The lowest BCUT2D eigenvalue weighted by atomic mass is 10.0. The number of carbonyl (C=O) groups is 2. The summed E-state index contributed by atoms with van der Waals surface area (Å²) in [5, 5.41) is 1.57. The minimum atomic E-state index is -0.578. The Morgan fingerprint density at radius 2 is 2.12 bits per heavy atom. The van der Waals surface area contributed by atoms with Gasteiger partial charge in [0.1, 0.15) is 6.04 Å². The number of piperazine rings is 1. The van der Waals surface area contributed by atoms with E-state index in [2.05, 4.69) is 4.98 Å². The Bertz CT molecular complexity index is 801. The van der Waals surface area contributed by atoms with Gasteiger partial charge in [-0.05, 0) is 37.7 Å². The van der Waals surface area contributed by atoms with Crippen LogP contribution in [0.15, 0.2) is 18.2 Å². The zero-order chi connectivity index (χ0) is 17.4. The number of nitrogens with one attached hydrogen (secondary N) is 1.